The average molecular weight is 305 g/mol. The van der Waals surface area contributed by atoms with Crippen LogP contribution in [0.3, 0.4) is 0 Å². The predicted octanol–water partition coefficient (Wildman–Crippen LogP) is 4.51. The third-order valence-electron chi connectivity index (χ3n) is 2.54. The second-order valence-electron chi connectivity index (χ2n) is 4.03. The van der Waals surface area contributed by atoms with Gasteiger partial charge in [0.15, 0.2) is 0 Å². The number of hydrogen-bond donors (Lipinski definition) is 1. The maximum Gasteiger partial charge on any atom is 0.417 e. The molecule has 2 aromatic rings. The van der Waals surface area contributed by atoms with Gasteiger partial charge in [0, 0.05) is 12.7 Å². The number of rotatable bonds is 3. The molecule has 2 rings (SSSR count). The summed E-state index contributed by atoms with van der Waals surface area (Å²) in [4.78, 5) is 3.64. The van der Waals surface area contributed by atoms with Crippen LogP contribution in [0.1, 0.15) is 11.1 Å². The summed E-state index contributed by atoms with van der Waals surface area (Å²) in [6, 6.07) is 6.50. The molecule has 1 N–H and O–H groups in total. The molecule has 0 aliphatic carbocycles. The zero-order valence-corrected chi connectivity index (χ0v) is 10.8. The molecule has 0 saturated carbocycles. The van der Waals surface area contributed by atoms with Crippen LogP contribution >= 0.6 is 11.6 Å². The van der Waals surface area contributed by atoms with Crippen molar-refractivity contribution in [3.63, 3.8) is 0 Å². The Labute approximate surface area is 117 Å². The van der Waals surface area contributed by atoms with E-state index in [9.17, 15) is 17.6 Å². The second kappa shape index (κ2) is 5.66. The third kappa shape index (κ3) is 3.60. The molecule has 7 heteroatoms. The monoisotopic (exact) mass is 304 g/mol. The van der Waals surface area contributed by atoms with Crippen LogP contribution in [0, 0.1) is 5.82 Å². The molecule has 0 fully saturated rings. The summed E-state index contributed by atoms with van der Waals surface area (Å²) in [6.45, 7) is 0.276. The molecule has 1 aromatic carbocycles. The first-order chi connectivity index (χ1) is 9.36. The van der Waals surface area contributed by atoms with Gasteiger partial charge in [-0.1, -0.05) is 23.7 Å². The molecule has 1 aromatic heterocycles. The summed E-state index contributed by atoms with van der Waals surface area (Å²) in [5.74, 6) is -0.219. The van der Waals surface area contributed by atoms with Crippen LogP contribution in [0.5, 0.6) is 0 Å². The number of anilines is 1. The molecule has 0 amide bonds. The fraction of sp³-hybridized carbons (Fsp3) is 0.154. The Morgan fingerprint density at radius 2 is 1.80 bits per heavy atom. The van der Waals surface area contributed by atoms with Crippen LogP contribution in [0.2, 0.25) is 5.02 Å². The lowest BCUT2D eigenvalue weighted by Crippen LogP contribution is -2.08. The van der Waals surface area contributed by atoms with Gasteiger partial charge in [0.2, 0.25) is 0 Å². The van der Waals surface area contributed by atoms with Crippen molar-refractivity contribution in [3.8, 4) is 0 Å². The Morgan fingerprint density at radius 3 is 2.35 bits per heavy atom. The normalized spacial score (nSPS) is 11.4. The number of hydrogen-bond acceptors (Lipinski definition) is 2. The van der Waals surface area contributed by atoms with Crippen molar-refractivity contribution in [1.82, 2.24) is 4.98 Å². The predicted molar refractivity (Wildman–Crippen MR) is 68.0 cm³/mol. The zero-order chi connectivity index (χ0) is 14.8. The average Bonchev–Trinajstić information content (AvgIpc) is 2.38. The first-order valence-electron chi connectivity index (χ1n) is 5.57. The molecule has 0 saturated heterocycles. The molecule has 1 heterocycles. The van der Waals surface area contributed by atoms with Gasteiger partial charge in [-0.2, -0.15) is 13.2 Å². The van der Waals surface area contributed by atoms with Gasteiger partial charge >= 0.3 is 6.18 Å². The molecule has 0 atom stereocenters. The highest BCUT2D eigenvalue weighted by molar-refractivity contribution is 6.32. The number of alkyl halides is 3. The molecule has 0 radical (unpaired) electrons. The number of nitrogens with zero attached hydrogens (tertiary/aromatic N) is 1. The summed E-state index contributed by atoms with van der Waals surface area (Å²) in [5.41, 5.74) is -0.154. The van der Waals surface area contributed by atoms with Gasteiger partial charge in [0.05, 0.1) is 10.6 Å². The first kappa shape index (κ1) is 14.6. The van der Waals surface area contributed by atoms with E-state index in [-0.39, 0.29) is 23.2 Å². The summed E-state index contributed by atoms with van der Waals surface area (Å²) >= 11 is 5.74. The van der Waals surface area contributed by atoms with Crippen molar-refractivity contribution in [3.05, 3.63) is 58.5 Å². The second-order valence-corrected chi connectivity index (χ2v) is 4.44. The van der Waals surface area contributed by atoms with Crippen LogP contribution < -0.4 is 5.32 Å². The Bertz CT molecular complexity index is 596. The Kier molecular flexibility index (Phi) is 4.13. The molecule has 0 spiro atoms. The molecule has 0 aliphatic heterocycles. The van der Waals surface area contributed by atoms with Gasteiger partial charge < -0.3 is 5.32 Å². The van der Waals surface area contributed by atoms with Crippen molar-refractivity contribution in [2.24, 2.45) is 0 Å². The molecule has 20 heavy (non-hydrogen) atoms. The van der Waals surface area contributed by atoms with E-state index in [1.54, 1.807) is 12.1 Å². The van der Waals surface area contributed by atoms with Gasteiger partial charge in [-0.3, -0.25) is 0 Å². The van der Waals surface area contributed by atoms with Crippen molar-refractivity contribution in [2.75, 3.05) is 5.32 Å². The molecular formula is C13H9ClF4N2. The number of pyridine rings is 1. The summed E-state index contributed by atoms with van der Waals surface area (Å²) in [6.07, 6.45) is -3.77. The lowest BCUT2D eigenvalue weighted by Gasteiger charge is -2.10. The number of aromatic nitrogens is 1. The molecule has 0 aliphatic rings. The first-order valence-corrected chi connectivity index (χ1v) is 5.95. The van der Waals surface area contributed by atoms with Gasteiger partial charge in [-0.05, 0) is 23.8 Å². The lowest BCUT2D eigenvalue weighted by molar-refractivity contribution is -0.137. The largest absolute Gasteiger partial charge is 0.417 e. The number of halogens is 5. The highest BCUT2D eigenvalue weighted by Gasteiger charge is 2.31. The maximum absolute atomic E-state index is 12.7. The minimum absolute atomic E-state index is 0.123. The molecule has 106 valence electrons. The molecule has 0 unspecified atom stereocenters. The highest BCUT2D eigenvalue weighted by Crippen LogP contribution is 2.32. The van der Waals surface area contributed by atoms with Gasteiger partial charge in [0.25, 0.3) is 0 Å². The highest BCUT2D eigenvalue weighted by atomic mass is 35.5. The summed E-state index contributed by atoms with van der Waals surface area (Å²) < 4.78 is 50.0. The van der Waals surface area contributed by atoms with Gasteiger partial charge in [-0.25, -0.2) is 9.37 Å². The molecule has 0 bridgehead atoms. The third-order valence-corrected chi connectivity index (χ3v) is 2.83. The Hall–Kier alpha value is -1.82. The fourth-order valence-electron chi connectivity index (χ4n) is 1.51. The van der Waals surface area contributed by atoms with E-state index in [0.717, 1.165) is 11.6 Å². The van der Waals surface area contributed by atoms with Crippen LogP contribution in [0.4, 0.5) is 23.4 Å². The van der Waals surface area contributed by atoms with E-state index in [4.69, 9.17) is 11.6 Å². The van der Waals surface area contributed by atoms with Crippen molar-refractivity contribution < 1.29 is 17.6 Å². The van der Waals surface area contributed by atoms with E-state index in [1.807, 2.05) is 0 Å². The maximum atomic E-state index is 12.7. The van der Waals surface area contributed by atoms with E-state index >= 15 is 0 Å². The molecular weight excluding hydrogens is 296 g/mol. The van der Waals surface area contributed by atoms with Crippen LogP contribution in [0.15, 0.2) is 36.5 Å². The minimum Gasteiger partial charge on any atom is -0.365 e. The topological polar surface area (TPSA) is 24.9 Å². The van der Waals surface area contributed by atoms with Gasteiger partial charge in [0.1, 0.15) is 11.6 Å². The Balaban J connectivity index is 2.08. The number of nitrogens with one attached hydrogen (secondary N) is 1. The quantitative estimate of drug-likeness (QED) is 0.844. The van der Waals surface area contributed by atoms with E-state index in [2.05, 4.69) is 10.3 Å². The van der Waals surface area contributed by atoms with Crippen LogP contribution in [-0.4, -0.2) is 4.98 Å². The fourth-order valence-corrected chi connectivity index (χ4v) is 1.74. The van der Waals surface area contributed by atoms with Gasteiger partial charge in [-0.15, -0.1) is 0 Å². The summed E-state index contributed by atoms with van der Waals surface area (Å²) in [5, 5.41) is 2.67. The van der Waals surface area contributed by atoms with E-state index in [1.165, 1.54) is 12.1 Å². The standard InChI is InChI=1S/C13H9ClF4N2/c14-11-5-9(13(16,17)18)7-20-12(11)19-6-8-1-3-10(15)4-2-8/h1-5,7H,6H2,(H,19,20). The lowest BCUT2D eigenvalue weighted by atomic mass is 10.2. The van der Waals surface area contributed by atoms with Crippen LogP contribution in [-0.2, 0) is 12.7 Å². The van der Waals surface area contributed by atoms with E-state index < -0.39 is 11.7 Å². The minimum atomic E-state index is -4.48. The number of benzene rings is 1. The zero-order valence-electron chi connectivity index (χ0n) is 10.0. The SMILES string of the molecule is Fc1ccc(CNc2ncc(C(F)(F)F)cc2Cl)cc1. The smallest absolute Gasteiger partial charge is 0.365 e. The summed E-state index contributed by atoms with van der Waals surface area (Å²) in [7, 11) is 0. The van der Waals surface area contributed by atoms with Crippen LogP contribution in [0.25, 0.3) is 0 Å². The van der Waals surface area contributed by atoms with E-state index in [0.29, 0.717) is 6.20 Å². The van der Waals surface area contributed by atoms with Crippen molar-refractivity contribution in [1.29, 1.82) is 0 Å². The molecule has 2 nitrogen and oxygen atoms in total. The Morgan fingerprint density at radius 1 is 1.15 bits per heavy atom. The van der Waals surface area contributed by atoms with Crippen molar-refractivity contribution >= 4 is 17.4 Å². The van der Waals surface area contributed by atoms with Crippen molar-refractivity contribution in [2.45, 2.75) is 12.7 Å².